The predicted molar refractivity (Wildman–Crippen MR) is 65.5 cm³/mol. The molecule has 0 bridgehead atoms. The Morgan fingerprint density at radius 2 is 1.69 bits per heavy atom. The zero-order valence-electron chi connectivity index (χ0n) is 9.79. The Balaban J connectivity index is 2.05. The number of rotatable bonds is 4. The Labute approximate surface area is 96.3 Å². The lowest BCUT2D eigenvalue weighted by atomic mass is 10.1. The minimum absolute atomic E-state index is 0.869. The number of benzene rings is 1. The largest absolute Gasteiger partial charge is 0.466 e. The van der Waals surface area contributed by atoms with Gasteiger partial charge < -0.3 is 9.73 Å². The second-order valence-corrected chi connectivity index (χ2v) is 4.04. The van der Waals surface area contributed by atoms with Crippen molar-refractivity contribution in [1.29, 1.82) is 0 Å². The molecule has 0 aliphatic rings. The van der Waals surface area contributed by atoms with Crippen LogP contribution in [0.25, 0.3) is 0 Å². The molecule has 0 unspecified atom stereocenters. The van der Waals surface area contributed by atoms with Gasteiger partial charge in [0.05, 0.1) is 0 Å². The lowest BCUT2D eigenvalue weighted by Crippen LogP contribution is -2.04. The van der Waals surface area contributed by atoms with Crippen LogP contribution in [0.1, 0.15) is 22.6 Å². The van der Waals surface area contributed by atoms with Crippen molar-refractivity contribution in [3.63, 3.8) is 0 Å². The second-order valence-electron chi connectivity index (χ2n) is 4.04. The molecule has 84 valence electrons. The van der Waals surface area contributed by atoms with Crippen molar-refractivity contribution in [3.05, 3.63) is 59.0 Å². The summed E-state index contributed by atoms with van der Waals surface area (Å²) in [6, 6.07) is 12.7. The molecule has 0 fully saturated rings. The topological polar surface area (TPSA) is 25.2 Å². The molecule has 0 spiro atoms. The molecule has 1 N–H and O–H groups in total. The minimum Gasteiger partial charge on any atom is -0.466 e. The number of hydrogen-bond acceptors (Lipinski definition) is 2. The van der Waals surface area contributed by atoms with E-state index in [2.05, 4.69) is 29.6 Å². The molecule has 0 aliphatic carbocycles. The van der Waals surface area contributed by atoms with Gasteiger partial charge in [-0.1, -0.05) is 24.3 Å². The van der Waals surface area contributed by atoms with E-state index < -0.39 is 0 Å². The van der Waals surface area contributed by atoms with Gasteiger partial charge in [0.15, 0.2) is 0 Å². The van der Waals surface area contributed by atoms with Crippen LogP contribution in [0.2, 0.25) is 0 Å². The van der Waals surface area contributed by atoms with Gasteiger partial charge in [-0.15, -0.1) is 0 Å². The lowest BCUT2D eigenvalue weighted by molar-refractivity contribution is 0.493. The molecule has 0 amide bonds. The quantitative estimate of drug-likeness (QED) is 0.848. The maximum Gasteiger partial charge on any atom is 0.108 e. The summed E-state index contributed by atoms with van der Waals surface area (Å²) in [5.74, 6) is 2.00. The maximum absolute atomic E-state index is 5.55. The molecule has 2 heteroatoms. The smallest absolute Gasteiger partial charge is 0.108 e. The fraction of sp³-hybridized carbons (Fsp3) is 0.286. The number of aryl methyl sites for hydroxylation is 1. The zero-order chi connectivity index (χ0) is 11.4. The molecule has 2 nitrogen and oxygen atoms in total. The van der Waals surface area contributed by atoms with Crippen LogP contribution in [-0.4, -0.2) is 7.05 Å². The zero-order valence-corrected chi connectivity index (χ0v) is 9.79. The lowest BCUT2D eigenvalue weighted by Gasteiger charge is -2.02. The monoisotopic (exact) mass is 215 g/mol. The first kappa shape index (κ1) is 11.0. The third kappa shape index (κ3) is 2.74. The molecule has 0 aliphatic heterocycles. The molecule has 1 aromatic heterocycles. The van der Waals surface area contributed by atoms with Crippen LogP contribution in [0.4, 0.5) is 0 Å². The highest BCUT2D eigenvalue weighted by atomic mass is 16.3. The van der Waals surface area contributed by atoms with Crippen molar-refractivity contribution in [2.24, 2.45) is 0 Å². The van der Waals surface area contributed by atoms with Crippen molar-refractivity contribution in [2.75, 3.05) is 7.05 Å². The summed E-state index contributed by atoms with van der Waals surface area (Å²) in [7, 11) is 1.96. The minimum atomic E-state index is 0.869. The Morgan fingerprint density at radius 3 is 2.25 bits per heavy atom. The van der Waals surface area contributed by atoms with Gasteiger partial charge in [0, 0.05) is 13.0 Å². The van der Waals surface area contributed by atoms with Gasteiger partial charge in [-0.25, -0.2) is 0 Å². The van der Waals surface area contributed by atoms with Crippen molar-refractivity contribution >= 4 is 0 Å². The van der Waals surface area contributed by atoms with Gasteiger partial charge in [0.2, 0.25) is 0 Å². The first-order valence-corrected chi connectivity index (χ1v) is 5.55. The van der Waals surface area contributed by atoms with Gasteiger partial charge in [0.1, 0.15) is 11.5 Å². The summed E-state index contributed by atoms with van der Waals surface area (Å²) < 4.78 is 5.55. The third-order valence-corrected chi connectivity index (χ3v) is 2.58. The Bertz CT molecular complexity index is 442. The second kappa shape index (κ2) is 4.99. The summed E-state index contributed by atoms with van der Waals surface area (Å²) in [6.45, 7) is 2.89. The van der Waals surface area contributed by atoms with Gasteiger partial charge in [-0.3, -0.25) is 0 Å². The van der Waals surface area contributed by atoms with E-state index in [9.17, 15) is 0 Å². The van der Waals surface area contributed by atoms with E-state index in [1.807, 2.05) is 26.1 Å². The average molecular weight is 215 g/mol. The molecule has 2 rings (SSSR count). The highest BCUT2D eigenvalue weighted by Gasteiger charge is 2.00. The number of hydrogen-bond donors (Lipinski definition) is 1. The molecule has 0 radical (unpaired) electrons. The van der Waals surface area contributed by atoms with E-state index in [0.717, 1.165) is 24.5 Å². The van der Waals surface area contributed by atoms with E-state index in [0.29, 0.717) is 0 Å². The summed E-state index contributed by atoms with van der Waals surface area (Å²) in [5.41, 5.74) is 2.59. The van der Waals surface area contributed by atoms with Crippen LogP contribution in [0.5, 0.6) is 0 Å². The Morgan fingerprint density at radius 1 is 1.00 bits per heavy atom. The SMILES string of the molecule is CNCc1ccc(Cc2ccc(C)o2)cc1. The normalized spacial score (nSPS) is 10.6. The molecule has 0 atom stereocenters. The van der Waals surface area contributed by atoms with Gasteiger partial charge in [-0.2, -0.15) is 0 Å². The van der Waals surface area contributed by atoms with Crippen LogP contribution in [-0.2, 0) is 13.0 Å². The van der Waals surface area contributed by atoms with Crippen molar-refractivity contribution in [1.82, 2.24) is 5.32 Å². The van der Waals surface area contributed by atoms with Crippen LogP contribution in [0.15, 0.2) is 40.8 Å². The van der Waals surface area contributed by atoms with E-state index >= 15 is 0 Å². The Kier molecular flexibility index (Phi) is 3.42. The van der Waals surface area contributed by atoms with E-state index in [1.54, 1.807) is 0 Å². The molecular formula is C14H17NO. The number of furan rings is 1. The van der Waals surface area contributed by atoms with Gasteiger partial charge >= 0.3 is 0 Å². The van der Waals surface area contributed by atoms with Crippen molar-refractivity contribution in [2.45, 2.75) is 19.9 Å². The highest BCUT2D eigenvalue weighted by molar-refractivity contribution is 5.25. The summed E-state index contributed by atoms with van der Waals surface area (Å²) in [4.78, 5) is 0. The predicted octanol–water partition coefficient (Wildman–Crippen LogP) is 2.90. The number of nitrogens with one attached hydrogen (secondary N) is 1. The fourth-order valence-electron chi connectivity index (χ4n) is 1.76. The molecule has 2 aromatic rings. The summed E-state index contributed by atoms with van der Waals surface area (Å²) >= 11 is 0. The van der Waals surface area contributed by atoms with E-state index in [1.165, 1.54) is 11.1 Å². The van der Waals surface area contributed by atoms with Crippen LogP contribution in [0, 0.1) is 6.92 Å². The summed E-state index contributed by atoms with van der Waals surface area (Å²) in [5, 5.41) is 3.14. The third-order valence-electron chi connectivity index (χ3n) is 2.58. The molecule has 1 heterocycles. The molecular weight excluding hydrogens is 198 g/mol. The molecule has 1 aromatic carbocycles. The van der Waals surface area contributed by atoms with Crippen LogP contribution >= 0.6 is 0 Å². The Hall–Kier alpha value is -1.54. The fourth-order valence-corrected chi connectivity index (χ4v) is 1.76. The van der Waals surface area contributed by atoms with Crippen molar-refractivity contribution < 1.29 is 4.42 Å². The first-order chi connectivity index (χ1) is 7.78. The van der Waals surface area contributed by atoms with E-state index in [4.69, 9.17) is 4.42 Å². The molecule has 16 heavy (non-hydrogen) atoms. The van der Waals surface area contributed by atoms with Crippen molar-refractivity contribution in [3.8, 4) is 0 Å². The highest BCUT2D eigenvalue weighted by Crippen LogP contribution is 2.13. The van der Waals surface area contributed by atoms with Gasteiger partial charge in [-0.05, 0) is 37.2 Å². The summed E-state index contributed by atoms with van der Waals surface area (Å²) in [6.07, 6.45) is 0.869. The maximum atomic E-state index is 5.55. The first-order valence-electron chi connectivity index (χ1n) is 5.55. The van der Waals surface area contributed by atoms with Gasteiger partial charge in [0.25, 0.3) is 0 Å². The van der Waals surface area contributed by atoms with Crippen LogP contribution < -0.4 is 5.32 Å². The van der Waals surface area contributed by atoms with E-state index in [-0.39, 0.29) is 0 Å². The standard InChI is InChI=1S/C14H17NO/c1-11-3-8-14(16-11)9-12-4-6-13(7-5-12)10-15-2/h3-8,15H,9-10H2,1-2H3. The van der Waals surface area contributed by atoms with Crippen LogP contribution in [0.3, 0.4) is 0 Å². The average Bonchev–Trinajstić information content (AvgIpc) is 2.67. The molecule has 0 saturated carbocycles. The molecule has 0 saturated heterocycles.